The van der Waals surface area contributed by atoms with E-state index in [0.29, 0.717) is 29.7 Å². The minimum Gasteiger partial charge on any atom is -0.356 e. The van der Waals surface area contributed by atoms with E-state index in [1.807, 2.05) is 13.0 Å². The van der Waals surface area contributed by atoms with Gasteiger partial charge in [-0.2, -0.15) is 13.2 Å². The van der Waals surface area contributed by atoms with Gasteiger partial charge >= 0.3 is 12.2 Å². The molecule has 2 aromatic rings. The summed E-state index contributed by atoms with van der Waals surface area (Å²) in [7, 11) is 0. The van der Waals surface area contributed by atoms with Gasteiger partial charge in [0.15, 0.2) is 10.9 Å². The van der Waals surface area contributed by atoms with Crippen LogP contribution in [0.25, 0.3) is 0 Å². The first kappa shape index (κ1) is 20.3. The minimum atomic E-state index is -4.21. The van der Waals surface area contributed by atoms with Crippen molar-refractivity contribution in [2.45, 2.75) is 44.9 Å². The Kier molecular flexibility index (Phi) is 4.95. The van der Waals surface area contributed by atoms with Gasteiger partial charge in [-0.25, -0.2) is 14.8 Å². The largest absolute Gasteiger partial charge is 0.393 e. The van der Waals surface area contributed by atoms with E-state index in [-0.39, 0.29) is 25.2 Å². The third-order valence-corrected chi connectivity index (χ3v) is 6.99. The highest BCUT2D eigenvalue weighted by atomic mass is 32.1. The number of alkyl halides is 3. The zero-order valence-corrected chi connectivity index (χ0v) is 17.8. The van der Waals surface area contributed by atoms with Crippen molar-refractivity contribution < 1.29 is 18.0 Å². The molecule has 0 aromatic carbocycles. The average molecular weight is 453 g/mol. The number of halogens is 3. The second-order valence-electron chi connectivity index (χ2n) is 8.23. The molecule has 1 unspecified atom stereocenters. The maximum Gasteiger partial charge on any atom is 0.393 e. The summed E-state index contributed by atoms with van der Waals surface area (Å²) in [5.41, 5.74) is 0.848. The summed E-state index contributed by atoms with van der Waals surface area (Å²) >= 11 is 1.39. The van der Waals surface area contributed by atoms with Gasteiger partial charge in [0.1, 0.15) is 12.0 Å². The standard InChI is InChI=1S/C20H23F3N6OS/c1-12-10-24-18(31-12)26-19(30)29-16-5-3-9-28(16)14-6-7-15(25-17(14)29)27-8-2-4-13(11-27)20(21,22)23/h6-7,10,13,16H,2-5,8-9,11H2,1H3,(H,24,26,30)/t13?,16-/m1/s1. The fourth-order valence-electron chi connectivity index (χ4n) is 4.70. The Morgan fingerprint density at radius 2 is 2.03 bits per heavy atom. The SMILES string of the molecule is Cc1cnc(NC(=O)N2c3nc(N4CCCC(C(F)(F)F)C4)ccc3N3CCC[C@H]32)s1. The smallest absolute Gasteiger partial charge is 0.356 e. The van der Waals surface area contributed by atoms with E-state index in [9.17, 15) is 18.0 Å². The molecule has 0 spiro atoms. The number of aromatic nitrogens is 2. The Morgan fingerprint density at radius 1 is 1.23 bits per heavy atom. The molecule has 0 radical (unpaired) electrons. The Morgan fingerprint density at radius 3 is 2.77 bits per heavy atom. The van der Waals surface area contributed by atoms with Crippen LogP contribution in [-0.2, 0) is 0 Å². The third-order valence-electron chi connectivity index (χ3n) is 6.16. The highest BCUT2D eigenvalue weighted by Crippen LogP contribution is 2.44. The average Bonchev–Trinajstić information content (AvgIpc) is 3.42. The summed E-state index contributed by atoms with van der Waals surface area (Å²) < 4.78 is 39.8. The lowest BCUT2D eigenvalue weighted by atomic mass is 9.97. The van der Waals surface area contributed by atoms with Crippen molar-refractivity contribution in [3.63, 3.8) is 0 Å². The molecular formula is C20H23F3N6OS. The lowest BCUT2D eigenvalue weighted by Gasteiger charge is -2.34. The van der Waals surface area contributed by atoms with E-state index < -0.39 is 12.1 Å². The summed E-state index contributed by atoms with van der Waals surface area (Å²) in [6.45, 7) is 3.15. The first-order valence-corrected chi connectivity index (χ1v) is 11.2. The molecule has 3 aliphatic rings. The Balaban J connectivity index is 1.44. The van der Waals surface area contributed by atoms with Crippen LogP contribution in [0.5, 0.6) is 0 Å². The molecule has 0 saturated carbocycles. The number of piperidine rings is 1. The molecule has 5 heterocycles. The molecule has 0 aliphatic carbocycles. The third kappa shape index (κ3) is 3.68. The van der Waals surface area contributed by atoms with E-state index in [1.165, 1.54) is 11.3 Å². The summed E-state index contributed by atoms with van der Waals surface area (Å²) in [6, 6.07) is 3.34. The highest BCUT2D eigenvalue weighted by Gasteiger charge is 2.45. The molecule has 5 rings (SSSR count). The van der Waals surface area contributed by atoms with Gasteiger partial charge in [0, 0.05) is 30.7 Å². The Hall–Kier alpha value is -2.56. The van der Waals surface area contributed by atoms with Crippen LogP contribution >= 0.6 is 11.3 Å². The molecule has 3 aliphatic heterocycles. The summed E-state index contributed by atoms with van der Waals surface area (Å²) in [6.07, 6.45) is -0.266. The molecule has 0 bridgehead atoms. The van der Waals surface area contributed by atoms with E-state index in [0.717, 1.165) is 30.0 Å². The van der Waals surface area contributed by atoms with Gasteiger partial charge in [0.25, 0.3) is 0 Å². The predicted octanol–water partition coefficient (Wildman–Crippen LogP) is 4.60. The number of pyridine rings is 1. The van der Waals surface area contributed by atoms with Gasteiger partial charge in [-0.3, -0.25) is 10.2 Å². The summed E-state index contributed by atoms with van der Waals surface area (Å²) in [5, 5.41) is 3.36. The second kappa shape index (κ2) is 7.54. The quantitative estimate of drug-likeness (QED) is 0.721. The van der Waals surface area contributed by atoms with Crippen LogP contribution in [0, 0.1) is 12.8 Å². The number of urea groups is 1. The number of aryl methyl sites for hydroxylation is 1. The summed E-state index contributed by atoms with van der Waals surface area (Å²) in [5.74, 6) is -0.370. The molecule has 166 valence electrons. The van der Waals surface area contributed by atoms with Crippen LogP contribution < -0.4 is 20.0 Å². The normalized spacial score (nSPS) is 23.2. The number of hydrogen-bond donors (Lipinski definition) is 1. The zero-order valence-electron chi connectivity index (χ0n) is 17.0. The van der Waals surface area contributed by atoms with Crippen LogP contribution in [0.2, 0.25) is 0 Å². The van der Waals surface area contributed by atoms with Gasteiger partial charge < -0.3 is 9.80 Å². The van der Waals surface area contributed by atoms with Crippen molar-refractivity contribution in [2.75, 3.05) is 39.7 Å². The number of rotatable bonds is 2. The van der Waals surface area contributed by atoms with Crippen molar-refractivity contribution in [3.05, 3.63) is 23.2 Å². The highest BCUT2D eigenvalue weighted by molar-refractivity contribution is 7.15. The van der Waals surface area contributed by atoms with Gasteiger partial charge in [0.05, 0.1) is 11.6 Å². The van der Waals surface area contributed by atoms with Crippen molar-refractivity contribution in [2.24, 2.45) is 5.92 Å². The molecule has 31 heavy (non-hydrogen) atoms. The predicted molar refractivity (Wildman–Crippen MR) is 114 cm³/mol. The summed E-state index contributed by atoms with van der Waals surface area (Å²) in [4.78, 5) is 28.5. The van der Waals surface area contributed by atoms with Crippen LogP contribution in [0.3, 0.4) is 0 Å². The van der Waals surface area contributed by atoms with Gasteiger partial charge in [-0.05, 0) is 44.7 Å². The van der Waals surface area contributed by atoms with E-state index in [2.05, 4.69) is 15.2 Å². The maximum atomic E-state index is 13.3. The molecular weight excluding hydrogens is 429 g/mol. The van der Waals surface area contributed by atoms with Crippen LogP contribution in [0.1, 0.15) is 30.6 Å². The molecule has 2 fully saturated rings. The minimum absolute atomic E-state index is 0.104. The number of carbonyl (C=O) groups excluding carboxylic acids is 1. The number of fused-ring (bicyclic) bond motifs is 3. The second-order valence-corrected chi connectivity index (χ2v) is 9.47. The lowest BCUT2D eigenvalue weighted by molar-refractivity contribution is -0.176. The van der Waals surface area contributed by atoms with Crippen molar-refractivity contribution in [1.82, 2.24) is 9.97 Å². The number of nitrogens with one attached hydrogen (secondary N) is 1. The molecule has 2 atom stereocenters. The Bertz CT molecular complexity index is 996. The fourth-order valence-corrected chi connectivity index (χ4v) is 5.35. The molecule has 2 amide bonds. The molecule has 11 heteroatoms. The lowest BCUT2D eigenvalue weighted by Crippen LogP contribution is -2.45. The topological polar surface area (TPSA) is 64.6 Å². The first-order valence-electron chi connectivity index (χ1n) is 10.4. The molecule has 7 nitrogen and oxygen atoms in total. The number of nitrogens with zero attached hydrogens (tertiary/aromatic N) is 5. The molecule has 2 saturated heterocycles. The van der Waals surface area contributed by atoms with Crippen molar-refractivity contribution >= 4 is 39.8 Å². The number of amides is 2. The van der Waals surface area contributed by atoms with Crippen LogP contribution in [0.15, 0.2) is 18.3 Å². The van der Waals surface area contributed by atoms with Gasteiger partial charge in [-0.1, -0.05) is 0 Å². The first-order chi connectivity index (χ1) is 14.8. The zero-order chi connectivity index (χ0) is 21.8. The van der Waals surface area contributed by atoms with Gasteiger partial charge in [0.2, 0.25) is 0 Å². The number of carbonyl (C=O) groups is 1. The fraction of sp³-hybridized carbons (Fsp3) is 0.550. The monoisotopic (exact) mass is 452 g/mol. The van der Waals surface area contributed by atoms with Gasteiger partial charge in [-0.15, -0.1) is 11.3 Å². The van der Waals surface area contributed by atoms with E-state index in [1.54, 1.807) is 22.1 Å². The van der Waals surface area contributed by atoms with E-state index in [4.69, 9.17) is 4.98 Å². The number of anilines is 4. The molecule has 2 aromatic heterocycles. The van der Waals surface area contributed by atoms with Crippen molar-refractivity contribution in [1.29, 1.82) is 0 Å². The number of hydrogen-bond acceptors (Lipinski definition) is 6. The Labute approximate surface area is 181 Å². The molecule has 1 N–H and O–H groups in total. The van der Waals surface area contributed by atoms with Crippen LogP contribution in [0.4, 0.5) is 40.4 Å². The van der Waals surface area contributed by atoms with Crippen LogP contribution in [-0.4, -0.2) is 48.0 Å². The van der Waals surface area contributed by atoms with E-state index >= 15 is 0 Å². The number of thiazole rings is 1. The maximum absolute atomic E-state index is 13.3. The van der Waals surface area contributed by atoms with Crippen molar-refractivity contribution in [3.8, 4) is 0 Å².